The molecule has 0 radical (unpaired) electrons. The van der Waals surface area contributed by atoms with Crippen molar-refractivity contribution in [1.82, 2.24) is 4.90 Å². The maximum absolute atomic E-state index is 6.18. The molecule has 0 aromatic heterocycles. The van der Waals surface area contributed by atoms with Crippen LogP contribution in [0.2, 0.25) is 10.0 Å². The summed E-state index contributed by atoms with van der Waals surface area (Å²) >= 11 is 12.2. The molecule has 2 aromatic rings. The molecule has 1 nitrogen and oxygen atoms in total. The summed E-state index contributed by atoms with van der Waals surface area (Å²) in [6.07, 6.45) is 1.09. The van der Waals surface area contributed by atoms with Crippen molar-refractivity contribution in [1.29, 1.82) is 0 Å². The zero-order chi connectivity index (χ0) is 14.3. The summed E-state index contributed by atoms with van der Waals surface area (Å²) in [5, 5.41) is 1.25. The second-order valence-corrected chi connectivity index (χ2v) is 6.38. The van der Waals surface area contributed by atoms with Crippen molar-refractivity contribution in [3.8, 4) is 0 Å². The van der Waals surface area contributed by atoms with Gasteiger partial charge in [0.1, 0.15) is 0 Å². The van der Waals surface area contributed by atoms with E-state index in [9.17, 15) is 0 Å². The molecule has 0 aliphatic heterocycles. The summed E-state index contributed by atoms with van der Waals surface area (Å²) in [4.78, 5) is 2.29. The lowest BCUT2D eigenvalue weighted by molar-refractivity contribution is 0.293. The summed E-state index contributed by atoms with van der Waals surface area (Å²) in [6.45, 7) is 0. The molecule has 1 aliphatic rings. The van der Waals surface area contributed by atoms with Gasteiger partial charge < -0.3 is 4.90 Å². The highest BCUT2D eigenvalue weighted by atomic mass is 35.5. The third kappa shape index (κ3) is 3.07. The van der Waals surface area contributed by atoms with Gasteiger partial charge in [-0.25, -0.2) is 0 Å². The lowest BCUT2D eigenvalue weighted by Gasteiger charge is -2.20. The molecule has 112 valence electrons. The topological polar surface area (TPSA) is 3.24 Å². The normalized spacial score (nSPS) is 20.2. The Hall–Kier alpha value is -0.730. The van der Waals surface area contributed by atoms with Gasteiger partial charge in [-0.05, 0) is 49.3 Å². The van der Waals surface area contributed by atoms with E-state index in [4.69, 9.17) is 23.2 Å². The Morgan fingerprint density at radius 3 is 2.24 bits per heavy atom. The van der Waals surface area contributed by atoms with E-state index in [1.807, 2.05) is 12.1 Å². The number of benzene rings is 2. The van der Waals surface area contributed by atoms with E-state index in [1.54, 1.807) is 0 Å². The molecule has 3 rings (SSSR count). The Morgan fingerprint density at radius 1 is 0.952 bits per heavy atom. The van der Waals surface area contributed by atoms with E-state index >= 15 is 0 Å². The largest absolute Gasteiger partial charge is 0.302 e. The molecule has 0 spiro atoms. The van der Waals surface area contributed by atoms with Crippen molar-refractivity contribution >= 4 is 35.6 Å². The fraction of sp³-hybridized carbons (Fsp3) is 0.294. The van der Waals surface area contributed by atoms with E-state index in [2.05, 4.69) is 49.3 Å². The van der Waals surface area contributed by atoms with Crippen molar-refractivity contribution in [3.05, 3.63) is 69.2 Å². The van der Waals surface area contributed by atoms with Crippen molar-refractivity contribution in [2.24, 2.45) is 0 Å². The van der Waals surface area contributed by atoms with E-state index in [0.29, 0.717) is 22.0 Å². The van der Waals surface area contributed by atoms with Crippen LogP contribution in [0, 0.1) is 0 Å². The second-order valence-electron chi connectivity index (χ2n) is 5.57. The number of halogens is 3. The first-order chi connectivity index (χ1) is 9.58. The van der Waals surface area contributed by atoms with Crippen molar-refractivity contribution in [2.75, 3.05) is 14.1 Å². The highest BCUT2D eigenvalue weighted by Gasteiger charge is 2.32. The van der Waals surface area contributed by atoms with Crippen LogP contribution in [0.5, 0.6) is 0 Å². The minimum absolute atomic E-state index is 0. The van der Waals surface area contributed by atoms with Gasteiger partial charge in [-0.3, -0.25) is 0 Å². The van der Waals surface area contributed by atoms with Gasteiger partial charge in [0.25, 0.3) is 0 Å². The zero-order valence-corrected chi connectivity index (χ0v) is 14.3. The van der Waals surface area contributed by atoms with Gasteiger partial charge in [0.05, 0.1) is 10.0 Å². The van der Waals surface area contributed by atoms with Crippen LogP contribution in [0.15, 0.2) is 42.5 Å². The molecule has 4 heteroatoms. The number of rotatable bonds is 2. The first-order valence-electron chi connectivity index (χ1n) is 6.78. The highest BCUT2D eigenvalue weighted by molar-refractivity contribution is 6.42. The van der Waals surface area contributed by atoms with Crippen LogP contribution in [0.4, 0.5) is 0 Å². The van der Waals surface area contributed by atoms with Gasteiger partial charge in [-0.15, -0.1) is 12.4 Å². The van der Waals surface area contributed by atoms with Crippen LogP contribution in [-0.4, -0.2) is 19.0 Å². The predicted molar refractivity (Wildman–Crippen MR) is 93.0 cm³/mol. The zero-order valence-electron chi connectivity index (χ0n) is 12.0. The fourth-order valence-corrected chi connectivity index (χ4v) is 3.45. The van der Waals surface area contributed by atoms with Gasteiger partial charge in [0.15, 0.2) is 0 Å². The Kier molecular flexibility index (Phi) is 5.21. The van der Waals surface area contributed by atoms with E-state index in [0.717, 1.165) is 6.42 Å². The standard InChI is InChI=1S/C17H17Cl2N.ClH/c1-20(2)17-10-14(12-5-3-4-6-13(12)17)11-7-8-15(18)16(19)9-11;/h3-9,14,17H,10H2,1-2H3;1H. The molecule has 21 heavy (non-hydrogen) atoms. The Labute approximate surface area is 142 Å². The molecule has 1 aliphatic carbocycles. The van der Waals surface area contributed by atoms with E-state index < -0.39 is 0 Å². The number of nitrogens with zero attached hydrogens (tertiary/aromatic N) is 1. The van der Waals surface area contributed by atoms with Gasteiger partial charge >= 0.3 is 0 Å². The van der Waals surface area contributed by atoms with Gasteiger partial charge in [-0.1, -0.05) is 53.5 Å². The fourth-order valence-electron chi connectivity index (χ4n) is 3.14. The summed E-state index contributed by atoms with van der Waals surface area (Å²) in [7, 11) is 4.28. The molecule has 0 saturated carbocycles. The predicted octanol–water partition coefficient (Wildman–Crippen LogP) is 5.55. The molecule has 2 atom stereocenters. The molecule has 0 saturated heterocycles. The molecular weight excluding hydrogens is 325 g/mol. The van der Waals surface area contributed by atoms with E-state index in [-0.39, 0.29) is 12.4 Å². The Balaban J connectivity index is 0.00000161. The van der Waals surface area contributed by atoms with Crippen LogP contribution in [0.1, 0.15) is 35.1 Å². The van der Waals surface area contributed by atoms with Crippen LogP contribution in [-0.2, 0) is 0 Å². The van der Waals surface area contributed by atoms with Crippen LogP contribution in [0.25, 0.3) is 0 Å². The first kappa shape index (κ1) is 16.6. The highest BCUT2D eigenvalue weighted by Crippen LogP contribution is 2.46. The van der Waals surface area contributed by atoms with E-state index in [1.165, 1.54) is 16.7 Å². The molecular formula is C17H18Cl3N. The molecule has 2 unspecified atom stereocenters. The lowest BCUT2D eigenvalue weighted by Crippen LogP contribution is -2.17. The van der Waals surface area contributed by atoms with Crippen LogP contribution in [0.3, 0.4) is 0 Å². The van der Waals surface area contributed by atoms with Crippen molar-refractivity contribution < 1.29 is 0 Å². The molecule has 0 bridgehead atoms. The quantitative estimate of drug-likeness (QED) is 0.691. The third-order valence-electron chi connectivity index (χ3n) is 4.16. The molecule has 0 heterocycles. The summed E-state index contributed by atoms with van der Waals surface area (Å²) in [6, 6.07) is 15.1. The summed E-state index contributed by atoms with van der Waals surface area (Å²) in [5.74, 6) is 0.397. The maximum Gasteiger partial charge on any atom is 0.0595 e. The minimum atomic E-state index is 0. The summed E-state index contributed by atoms with van der Waals surface area (Å²) in [5.41, 5.74) is 4.08. The third-order valence-corrected chi connectivity index (χ3v) is 4.90. The Bertz CT molecular complexity index is 640. The molecule has 2 aromatic carbocycles. The SMILES string of the molecule is CN(C)C1CC(c2ccc(Cl)c(Cl)c2)c2ccccc21.Cl. The average molecular weight is 343 g/mol. The van der Waals surface area contributed by atoms with Crippen LogP contribution < -0.4 is 0 Å². The molecule has 0 amide bonds. The Morgan fingerprint density at radius 2 is 1.62 bits per heavy atom. The monoisotopic (exact) mass is 341 g/mol. The number of fused-ring (bicyclic) bond motifs is 1. The molecule has 0 N–H and O–H groups in total. The number of hydrogen-bond donors (Lipinski definition) is 0. The molecule has 0 fully saturated rings. The lowest BCUT2D eigenvalue weighted by atomic mass is 9.93. The first-order valence-corrected chi connectivity index (χ1v) is 7.53. The minimum Gasteiger partial charge on any atom is -0.302 e. The van der Waals surface area contributed by atoms with Gasteiger partial charge in [-0.2, -0.15) is 0 Å². The maximum atomic E-state index is 6.18. The van der Waals surface area contributed by atoms with Gasteiger partial charge in [0, 0.05) is 12.0 Å². The van der Waals surface area contributed by atoms with Gasteiger partial charge in [0.2, 0.25) is 0 Å². The number of hydrogen-bond acceptors (Lipinski definition) is 1. The average Bonchev–Trinajstić information content (AvgIpc) is 2.82. The van der Waals surface area contributed by atoms with Crippen molar-refractivity contribution in [3.63, 3.8) is 0 Å². The van der Waals surface area contributed by atoms with Crippen molar-refractivity contribution in [2.45, 2.75) is 18.4 Å². The summed E-state index contributed by atoms with van der Waals surface area (Å²) < 4.78 is 0. The van der Waals surface area contributed by atoms with Crippen LogP contribution >= 0.6 is 35.6 Å². The smallest absolute Gasteiger partial charge is 0.0595 e. The second kappa shape index (κ2) is 6.58.